The van der Waals surface area contributed by atoms with Crippen LogP contribution in [-0.4, -0.2) is 37.0 Å². The van der Waals surface area contributed by atoms with Crippen molar-refractivity contribution in [1.82, 2.24) is 4.90 Å². The van der Waals surface area contributed by atoms with Crippen LogP contribution in [0.4, 0.5) is 5.69 Å². The zero-order valence-electron chi connectivity index (χ0n) is 13.7. The standard InChI is InChI=1S/C19H21BrN2O2/c1-24-18-7-5-14(6-8-18)19(23)22-11-9-16(10-12-22)21-17-4-2-3-15(20)13-17/h2-8,13,16,21H,9-12H2,1H3. The van der Waals surface area contributed by atoms with Crippen LogP contribution in [0, 0.1) is 0 Å². The van der Waals surface area contributed by atoms with Crippen molar-refractivity contribution in [2.24, 2.45) is 0 Å². The van der Waals surface area contributed by atoms with Crippen LogP contribution in [0.15, 0.2) is 53.0 Å². The summed E-state index contributed by atoms with van der Waals surface area (Å²) in [7, 11) is 1.62. The van der Waals surface area contributed by atoms with E-state index in [-0.39, 0.29) is 5.91 Å². The Hall–Kier alpha value is -2.01. The largest absolute Gasteiger partial charge is 0.497 e. The van der Waals surface area contributed by atoms with Crippen LogP contribution in [0.2, 0.25) is 0 Å². The van der Waals surface area contributed by atoms with Crippen LogP contribution < -0.4 is 10.1 Å². The Balaban J connectivity index is 1.55. The third-order valence-corrected chi connectivity index (χ3v) is 4.81. The highest BCUT2D eigenvalue weighted by Gasteiger charge is 2.23. The number of amides is 1. The van der Waals surface area contributed by atoms with Crippen LogP contribution in [0.3, 0.4) is 0 Å². The van der Waals surface area contributed by atoms with Crippen molar-refractivity contribution >= 4 is 27.5 Å². The van der Waals surface area contributed by atoms with Crippen molar-refractivity contribution in [1.29, 1.82) is 0 Å². The second-order valence-electron chi connectivity index (χ2n) is 5.95. The van der Waals surface area contributed by atoms with Crippen molar-refractivity contribution in [3.63, 3.8) is 0 Å². The number of ether oxygens (including phenoxy) is 1. The number of piperidine rings is 1. The van der Waals surface area contributed by atoms with E-state index in [0.717, 1.165) is 41.8 Å². The van der Waals surface area contributed by atoms with E-state index in [1.54, 1.807) is 7.11 Å². The lowest BCUT2D eigenvalue weighted by Gasteiger charge is -2.33. The van der Waals surface area contributed by atoms with Crippen LogP contribution in [0.25, 0.3) is 0 Å². The van der Waals surface area contributed by atoms with Crippen LogP contribution in [0.1, 0.15) is 23.2 Å². The topological polar surface area (TPSA) is 41.6 Å². The monoisotopic (exact) mass is 388 g/mol. The molecule has 5 heteroatoms. The molecule has 0 bridgehead atoms. The number of carbonyl (C=O) groups excluding carboxylic acids is 1. The third kappa shape index (κ3) is 4.09. The minimum atomic E-state index is 0.0959. The Morgan fingerprint density at radius 1 is 1.17 bits per heavy atom. The molecule has 0 saturated carbocycles. The first-order valence-corrected chi connectivity index (χ1v) is 8.90. The van der Waals surface area contributed by atoms with E-state index in [9.17, 15) is 4.79 Å². The molecule has 1 aliphatic rings. The van der Waals surface area contributed by atoms with Crippen LogP contribution in [-0.2, 0) is 0 Å². The van der Waals surface area contributed by atoms with Gasteiger partial charge in [0.05, 0.1) is 7.11 Å². The van der Waals surface area contributed by atoms with E-state index in [4.69, 9.17) is 4.74 Å². The van der Waals surface area contributed by atoms with Crippen molar-refractivity contribution in [3.05, 3.63) is 58.6 Å². The number of carbonyl (C=O) groups is 1. The Kier molecular flexibility index (Phi) is 5.41. The maximum absolute atomic E-state index is 12.6. The molecule has 2 aromatic rings. The summed E-state index contributed by atoms with van der Waals surface area (Å²) in [4.78, 5) is 14.5. The van der Waals surface area contributed by atoms with Gasteiger partial charge in [-0.3, -0.25) is 4.79 Å². The van der Waals surface area contributed by atoms with E-state index in [2.05, 4.69) is 33.4 Å². The molecule has 0 aliphatic carbocycles. The molecule has 1 aliphatic heterocycles. The molecule has 0 unspecified atom stereocenters. The number of anilines is 1. The van der Waals surface area contributed by atoms with Gasteiger partial charge in [0.1, 0.15) is 5.75 Å². The summed E-state index contributed by atoms with van der Waals surface area (Å²) in [5, 5.41) is 3.55. The SMILES string of the molecule is COc1ccc(C(=O)N2CCC(Nc3cccc(Br)c3)CC2)cc1. The van der Waals surface area contributed by atoms with Gasteiger partial charge in [0.15, 0.2) is 0 Å². The molecule has 0 radical (unpaired) electrons. The molecule has 4 nitrogen and oxygen atoms in total. The Morgan fingerprint density at radius 2 is 1.88 bits per heavy atom. The first-order valence-electron chi connectivity index (χ1n) is 8.11. The molecular formula is C19H21BrN2O2. The van der Waals surface area contributed by atoms with Gasteiger partial charge in [-0.2, -0.15) is 0 Å². The Morgan fingerprint density at radius 3 is 2.50 bits per heavy atom. The number of methoxy groups -OCH3 is 1. The summed E-state index contributed by atoms with van der Waals surface area (Å²) in [6, 6.07) is 15.9. The zero-order chi connectivity index (χ0) is 16.9. The fourth-order valence-corrected chi connectivity index (χ4v) is 3.36. The van der Waals surface area contributed by atoms with Gasteiger partial charge in [0.25, 0.3) is 5.91 Å². The number of halogens is 1. The number of hydrogen-bond acceptors (Lipinski definition) is 3. The van der Waals surface area contributed by atoms with Crippen molar-refractivity contribution < 1.29 is 9.53 Å². The summed E-state index contributed by atoms with van der Waals surface area (Å²) < 4.78 is 6.21. The third-order valence-electron chi connectivity index (χ3n) is 4.31. The van der Waals surface area contributed by atoms with Gasteiger partial charge < -0.3 is 15.0 Å². The summed E-state index contributed by atoms with van der Waals surface area (Å²) in [5.74, 6) is 0.863. The summed E-state index contributed by atoms with van der Waals surface area (Å²) in [6.45, 7) is 1.55. The van der Waals surface area contributed by atoms with E-state index in [1.165, 1.54) is 0 Å². The number of benzene rings is 2. The average molecular weight is 389 g/mol. The molecule has 1 N–H and O–H groups in total. The van der Waals surface area contributed by atoms with Crippen LogP contribution in [0.5, 0.6) is 5.75 Å². The van der Waals surface area contributed by atoms with Gasteiger partial charge in [0, 0.05) is 34.9 Å². The minimum Gasteiger partial charge on any atom is -0.497 e. The molecule has 3 rings (SSSR count). The Bertz CT molecular complexity index is 695. The second kappa shape index (κ2) is 7.71. The van der Waals surface area contributed by atoms with E-state index >= 15 is 0 Å². The first-order chi connectivity index (χ1) is 11.7. The molecule has 126 valence electrons. The lowest BCUT2D eigenvalue weighted by atomic mass is 10.0. The molecular weight excluding hydrogens is 368 g/mol. The summed E-state index contributed by atoms with van der Waals surface area (Å²) in [6.07, 6.45) is 1.91. The highest BCUT2D eigenvalue weighted by Crippen LogP contribution is 2.21. The smallest absolute Gasteiger partial charge is 0.253 e. The molecule has 1 heterocycles. The average Bonchev–Trinajstić information content (AvgIpc) is 2.62. The molecule has 1 fully saturated rings. The highest BCUT2D eigenvalue weighted by molar-refractivity contribution is 9.10. The number of hydrogen-bond donors (Lipinski definition) is 1. The predicted molar refractivity (Wildman–Crippen MR) is 99.7 cm³/mol. The fraction of sp³-hybridized carbons (Fsp3) is 0.316. The Labute approximate surface area is 150 Å². The highest BCUT2D eigenvalue weighted by atomic mass is 79.9. The number of rotatable bonds is 4. The zero-order valence-corrected chi connectivity index (χ0v) is 15.3. The van der Waals surface area contributed by atoms with Gasteiger partial charge in [-0.25, -0.2) is 0 Å². The lowest BCUT2D eigenvalue weighted by molar-refractivity contribution is 0.0718. The van der Waals surface area contributed by atoms with Gasteiger partial charge in [-0.1, -0.05) is 22.0 Å². The predicted octanol–water partition coefficient (Wildman–Crippen LogP) is 4.17. The maximum atomic E-state index is 12.6. The molecule has 24 heavy (non-hydrogen) atoms. The normalized spacial score (nSPS) is 15.2. The van der Waals surface area contributed by atoms with Gasteiger partial charge in [-0.05, 0) is 55.3 Å². The molecule has 1 saturated heterocycles. The molecule has 2 aromatic carbocycles. The summed E-state index contributed by atoms with van der Waals surface area (Å²) in [5.41, 5.74) is 1.83. The maximum Gasteiger partial charge on any atom is 0.253 e. The quantitative estimate of drug-likeness (QED) is 0.853. The van der Waals surface area contributed by atoms with Crippen molar-refractivity contribution in [2.75, 3.05) is 25.5 Å². The molecule has 0 aromatic heterocycles. The lowest BCUT2D eigenvalue weighted by Crippen LogP contribution is -2.42. The van der Waals surface area contributed by atoms with Crippen LogP contribution >= 0.6 is 15.9 Å². The van der Waals surface area contributed by atoms with Gasteiger partial charge in [0.2, 0.25) is 0 Å². The van der Waals surface area contributed by atoms with E-state index in [1.807, 2.05) is 41.3 Å². The van der Waals surface area contributed by atoms with Gasteiger partial charge in [-0.15, -0.1) is 0 Å². The number of nitrogens with one attached hydrogen (secondary N) is 1. The van der Waals surface area contributed by atoms with Crippen molar-refractivity contribution in [2.45, 2.75) is 18.9 Å². The summed E-state index contributed by atoms with van der Waals surface area (Å²) >= 11 is 3.49. The molecule has 0 spiro atoms. The van der Waals surface area contributed by atoms with E-state index in [0.29, 0.717) is 11.6 Å². The fourth-order valence-electron chi connectivity index (χ4n) is 2.96. The number of likely N-dealkylation sites (tertiary alicyclic amines) is 1. The van der Waals surface area contributed by atoms with Gasteiger partial charge >= 0.3 is 0 Å². The molecule has 1 amide bonds. The minimum absolute atomic E-state index is 0.0959. The first kappa shape index (κ1) is 16.8. The number of nitrogens with zero attached hydrogens (tertiary/aromatic N) is 1. The molecule has 0 atom stereocenters. The second-order valence-corrected chi connectivity index (χ2v) is 6.87. The van der Waals surface area contributed by atoms with Crippen molar-refractivity contribution in [3.8, 4) is 5.75 Å². The van der Waals surface area contributed by atoms with E-state index < -0.39 is 0 Å².